The molecule has 0 saturated carbocycles. The topological polar surface area (TPSA) is 64.3 Å². The summed E-state index contributed by atoms with van der Waals surface area (Å²) < 4.78 is 3.91. The Bertz CT molecular complexity index is 947. The van der Waals surface area contributed by atoms with E-state index in [1.54, 1.807) is 6.20 Å². The van der Waals surface area contributed by atoms with Crippen molar-refractivity contribution in [2.45, 2.75) is 32.9 Å². The van der Waals surface area contributed by atoms with Gasteiger partial charge in [0.15, 0.2) is 5.65 Å². The summed E-state index contributed by atoms with van der Waals surface area (Å²) in [5.74, 6) is 0.877. The molecule has 0 amide bonds. The fourth-order valence-electron chi connectivity index (χ4n) is 2.90. The van der Waals surface area contributed by atoms with Crippen molar-refractivity contribution in [3.8, 4) is 11.4 Å². The lowest BCUT2D eigenvalue weighted by Gasteiger charge is -2.09. The summed E-state index contributed by atoms with van der Waals surface area (Å²) in [6, 6.07) is 10.6. The van der Waals surface area contributed by atoms with Crippen LogP contribution in [0.5, 0.6) is 0 Å². The second-order valence-corrected chi connectivity index (χ2v) is 6.03. The van der Waals surface area contributed by atoms with Crippen LogP contribution in [0.4, 0.5) is 0 Å². The number of benzene rings is 1. The van der Waals surface area contributed by atoms with Gasteiger partial charge in [0.1, 0.15) is 11.3 Å². The highest BCUT2D eigenvalue weighted by atomic mass is 15.3. The lowest BCUT2D eigenvalue weighted by Crippen LogP contribution is -2.05. The van der Waals surface area contributed by atoms with Crippen molar-refractivity contribution >= 4 is 11.2 Å². The van der Waals surface area contributed by atoms with Crippen molar-refractivity contribution in [1.82, 2.24) is 29.5 Å². The molecule has 0 aliphatic heterocycles. The van der Waals surface area contributed by atoms with Crippen LogP contribution in [0.3, 0.4) is 0 Å². The molecule has 1 atom stereocenters. The molecular formula is C18H20N6. The normalized spacial score (nSPS) is 12.8. The maximum Gasteiger partial charge on any atom is 0.177 e. The predicted octanol–water partition coefficient (Wildman–Crippen LogP) is 3.64. The second kappa shape index (κ2) is 5.96. The van der Waals surface area contributed by atoms with Gasteiger partial charge in [-0.2, -0.15) is 10.2 Å². The van der Waals surface area contributed by atoms with Gasteiger partial charge in [0.2, 0.25) is 0 Å². The quantitative estimate of drug-likeness (QED) is 0.610. The van der Waals surface area contributed by atoms with E-state index in [1.807, 2.05) is 40.0 Å². The summed E-state index contributed by atoms with van der Waals surface area (Å²) in [5, 5.41) is 8.75. The highest BCUT2D eigenvalue weighted by Gasteiger charge is 2.15. The van der Waals surface area contributed by atoms with Gasteiger partial charge in [-0.05, 0) is 25.0 Å². The molecule has 0 fully saturated rings. The van der Waals surface area contributed by atoms with Gasteiger partial charge in [-0.25, -0.2) is 9.67 Å². The average Bonchev–Trinajstić information content (AvgIpc) is 3.31. The molecule has 0 saturated heterocycles. The zero-order chi connectivity index (χ0) is 16.5. The number of nitrogens with one attached hydrogen (secondary N) is 1. The minimum Gasteiger partial charge on any atom is -0.335 e. The minimum absolute atomic E-state index is 0.331. The first kappa shape index (κ1) is 14.7. The van der Waals surface area contributed by atoms with E-state index in [-0.39, 0.29) is 0 Å². The molecule has 6 heteroatoms. The Labute approximate surface area is 140 Å². The molecule has 3 heterocycles. The Kier molecular flexibility index (Phi) is 3.65. The number of aromatic nitrogens is 6. The third-order valence-corrected chi connectivity index (χ3v) is 4.41. The fraction of sp³-hybridized carbons (Fsp3) is 0.278. The van der Waals surface area contributed by atoms with Crippen LogP contribution in [0, 0.1) is 0 Å². The largest absolute Gasteiger partial charge is 0.335 e. The van der Waals surface area contributed by atoms with E-state index in [9.17, 15) is 0 Å². The van der Waals surface area contributed by atoms with Crippen molar-refractivity contribution in [1.29, 1.82) is 0 Å². The number of fused-ring (bicyclic) bond motifs is 1. The first-order chi connectivity index (χ1) is 11.8. The van der Waals surface area contributed by atoms with E-state index in [0.29, 0.717) is 6.04 Å². The van der Waals surface area contributed by atoms with Crippen LogP contribution >= 0.6 is 0 Å². The first-order valence-electron chi connectivity index (χ1n) is 8.25. The molecule has 3 aromatic heterocycles. The molecule has 0 spiro atoms. The van der Waals surface area contributed by atoms with Crippen LogP contribution in [0.25, 0.3) is 22.6 Å². The van der Waals surface area contributed by atoms with Crippen molar-refractivity contribution in [2.75, 3.05) is 0 Å². The zero-order valence-corrected chi connectivity index (χ0v) is 13.8. The number of hydrogen-bond donors (Lipinski definition) is 1. The molecule has 122 valence electrons. The summed E-state index contributed by atoms with van der Waals surface area (Å²) in [5.41, 5.74) is 4.16. The number of H-pyrrole nitrogens is 1. The smallest absolute Gasteiger partial charge is 0.177 e. The molecule has 4 rings (SSSR count). The maximum atomic E-state index is 4.82. The number of hydrogen-bond acceptors (Lipinski definition) is 3. The summed E-state index contributed by atoms with van der Waals surface area (Å²) in [6.45, 7) is 5.04. The van der Waals surface area contributed by atoms with Gasteiger partial charge in [0.05, 0.1) is 18.8 Å². The highest BCUT2D eigenvalue weighted by Crippen LogP contribution is 2.26. The lowest BCUT2D eigenvalue weighted by molar-refractivity contribution is 0.490. The summed E-state index contributed by atoms with van der Waals surface area (Å²) in [7, 11) is 0. The standard InChI is InChI=1S/C18H20N6/c1-3-13(2)24-18-16(11-20-24)21-17(22-18)15-8-5-4-7-14(15)12-23-10-6-9-19-23/h4-11,13H,3,12H2,1-2H3,(H,21,22). The molecule has 0 radical (unpaired) electrons. The van der Waals surface area contributed by atoms with Gasteiger partial charge in [0, 0.05) is 18.0 Å². The van der Waals surface area contributed by atoms with Gasteiger partial charge in [-0.3, -0.25) is 4.68 Å². The average molecular weight is 320 g/mol. The molecule has 24 heavy (non-hydrogen) atoms. The van der Waals surface area contributed by atoms with Gasteiger partial charge in [0.25, 0.3) is 0 Å². The Morgan fingerprint density at radius 3 is 2.83 bits per heavy atom. The number of rotatable bonds is 5. The van der Waals surface area contributed by atoms with Gasteiger partial charge in [-0.1, -0.05) is 31.2 Å². The monoisotopic (exact) mass is 320 g/mol. The first-order valence-corrected chi connectivity index (χ1v) is 8.25. The van der Waals surface area contributed by atoms with E-state index >= 15 is 0 Å². The van der Waals surface area contributed by atoms with E-state index in [4.69, 9.17) is 4.98 Å². The number of nitrogens with zero attached hydrogens (tertiary/aromatic N) is 5. The van der Waals surface area contributed by atoms with Crippen LogP contribution in [0.2, 0.25) is 0 Å². The third kappa shape index (κ3) is 2.50. The summed E-state index contributed by atoms with van der Waals surface area (Å²) in [6.07, 6.45) is 6.64. The molecule has 1 N–H and O–H groups in total. The Hall–Kier alpha value is -2.89. The Morgan fingerprint density at radius 1 is 1.17 bits per heavy atom. The van der Waals surface area contributed by atoms with Crippen LogP contribution < -0.4 is 0 Å². The van der Waals surface area contributed by atoms with E-state index in [1.165, 1.54) is 5.56 Å². The minimum atomic E-state index is 0.331. The van der Waals surface area contributed by atoms with Crippen molar-refractivity contribution in [3.63, 3.8) is 0 Å². The molecule has 0 aliphatic carbocycles. The van der Waals surface area contributed by atoms with Gasteiger partial charge in [-0.15, -0.1) is 0 Å². The van der Waals surface area contributed by atoms with Crippen molar-refractivity contribution in [3.05, 3.63) is 54.5 Å². The molecular weight excluding hydrogens is 300 g/mol. The molecule has 4 aromatic rings. The fourth-order valence-corrected chi connectivity index (χ4v) is 2.90. The van der Waals surface area contributed by atoms with E-state index in [2.05, 4.69) is 41.2 Å². The van der Waals surface area contributed by atoms with Crippen molar-refractivity contribution < 1.29 is 0 Å². The third-order valence-electron chi connectivity index (χ3n) is 4.41. The van der Waals surface area contributed by atoms with Gasteiger partial charge >= 0.3 is 0 Å². The molecule has 1 aromatic carbocycles. The number of aromatic amines is 1. The van der Waals surface area contributed by atoms with E-state index in [0.717, 1.165) is 35.5 Å². The zero-order valence-electron chi connectivity index (χ0n) is 13.8. The lowest BCUT2D eigenvalue weighted by atomic mass is 10.1. The van der Waals surface area contributed by atoms with Crippen LogP contribution in [-0.2, 0) is 6.54 Å². The van der Waals surface area contributed by atoms with Crippen molar-refractivity contribution in [2.24, 2.45) is 0 Å². The van der Waals surface area contributed by atoms with Crippen LogP contribution in [0.15, 0.2) is 48.9 Å². The SMILES string of the molecule is CCC(C)n1ncc2[nH]c(-c3ccccc3Cn3cccn3)nc21. The van der Waals surface area contributed by atoms with Crippen LogP contribution in [-0.4, -0.2) is 29.5 Å². The van der Waals surface area contributed by atoms with E-state index < -0.39 is 0 Å². The Balaban J connectivity index is 1.76. The number of imidazole rings is 1. The van der Waals surface area contributed by atoms with Crippen LogP contribution in [0.1, 0.15) is 31.9 Å². The Morgan fingerprint density at radius 2 is 2.04 bits per heavy atom. The highest BCUT2D eigenvalue weighted by molar-refractivity contribution is 5.76. The molecule has 1 unspecified atom stereocenters. The summed E-state index contributed by atoms with van der Waals surface area (Å²) >= 11 is 0. The molecule has 0 bridgehead atoms. The maximum absolute atomic E-state index is 4.82. The second-order valence-electron chi connectivity index (χ2n) is 6.03. The predicted molar refractivity (Wildman–Crippen MR) is 93.6 cm³/mol. The van der Waals surface area contributed by atoms with Gasteiger partial charge < -0.3 is 4.98 Å². The summed E-state index contributed by atoms with van der Waals surface area (Å²) in [4.78, 5) is 8.22. The molecule has 6 nitrogen and oxygen atoms in total. The molecule has 0 aliphatic rings.